The first-order chi connectivity index (χ1) is 11.0. The lowest BCUT2D eigenvalue weighted by Crippen LogP contribution is -2.38. The fourth-order valence-electron chi connectivity index (χ4n) is 2.96. The van der Waals surface area contributed by atoms with E-state index in [1.54, 1.807) is 36.4 Å². The van der Waals surface area contributed by atoms with E-state index in [9.17, 15) is 14.4 Å². The van der Waals surface area contributed by atoms with E-state index in [2.05, 4.69) is 0 Å². The van der Waals surface area contributed by atoms with Crippen molar-refractivity contribution in [3.63, 3.8) is 0 Å². The zero-order valence-electron chi connectivity index (χ0n) is 12.3. The highest BCUT2D eigenvalue weighted by molar-refractivity contribution is 6.30. The second-order valence-electron chi connectivity index (χ2n) is 5.76. The molecule has 0 spiro atoms. The van der Waals surface area contributed by atoms with E-state index in [0.717, 1.165) is 5.56 Å². The third-order valence-corrected chi connectivity index (χ3v) is 4.35. The number of halogens is 1. The predicted molar refractivity (Wildman–Crippen MR) is 84.4 cm³/mol. The zero-order chi connectivity index (χ0) is 16.4. The Kier molecular flexibility index (Phi) is 4.44. The summed E-state index contributed by atoms with van der Waals surface area (Å²) < 4.78 is 5.27. The molecule has 0 bridgehead atoms. The van der Waals surface area contributed by atoms with Crippen LogP contribution in [0.3, 0.4) is 0 Å². The normalized spacial score (nSPS) is 21.4. The van der Waals surface area contributed by atoms with E-state index >= 15 is 0 Å². The van der Waals surface area contributed by atoms with Gasteiger partial charge in [0.1, 0.15) is 11.7 Å². The first-order valence-electron chi connectivity index (χ1n) is 7.40. The van der Waals surface area contributed by atoms with Crippen LogP contribution in [-0.2, 0) is 20.8 Å². The Morgan fingerprint density at radius 3 is 2.30 bits per heavy atom. The molecule has 0 aliphatic heterocycles. The van der Waals surface area contributed by atoms with E-state index in [1.165, 1.54) is 6.26 Å². The summed E-state index contributed by atoms with van der Waals surface area (Å²) in [6, 6.07) is 10.3. The van der Waals surface area contributed by atoms with Gasteiger partial charge in [0, 0.05) is 30.2 Å². The molecule has 0 atom stereocenters. The van der Waals surface area contributed by atoms with Crippen molar-refractivity contribution in [2.45, 2.75) is 25.2 Å². The van der Waals surface area contributed by atoms with Crippen molar-refractivity contribution >= 4 is 29.0 Å². The molecule has 1 aromatic carbocycles. The summed E-state index contributed by atoms with van der Waals surface area (Å²) in [6.45, 7) is 0. The van der Waals surface area contributed by atoms with Crippen molar-refractivity contribution in [1.82, 2.24) is 0 Å². The Hall–Kier alpha value is -2.20. The highest BCUT2D eigenvalue weighted by atomic mass is 35.5. The largest absolute Gasteiger partial charge is 0.469 e. The van der Waals surface area contributed by atoms with Gasteiger partial charge in [-0.25, -0.2) is 0 Å². The lowest BCUT2D eigenvalue weighted by molar-refractivity contribution is -0.142. The van der Waals surface area contributed by atoms with Crippen LogP contribution in [-0.4, -0.2) is 17.3 Å². The first kappa shape index (κ1) is 15.7. The number of carbonyl (C=O) groups excluding carboxylic acids is 3. The Labute approximate surface area is 138 Å². The van der Waals surface area contributed by atoms with Gasteiger partial charge in [0.15, 0.2) is 17.3 Å². The molecule has 1 aliphatic rings. The minimum absolute atomic E-state index is 0.0603. The zero-order valence-corrected chi connectivity index (χ0v) is 13.1. The number of ketones is 3. The quantitative estimate of drug-likeness (QED) is 0.806. The molecule has 1 heterocycles. The molecule has 1 aromatic heterocycles. The van der Waals surface area contributed by atoms with Crippen LogP contribution in [0.2, 0.25) is 5.02 Å². The smallest absolute Gasteiger partial charge is 0.155 e. The van der Waals surface area contributed by atoms with Crippen molar-refractivity contribution < 1.29 is 18.8 Å². The monoisotopic (exact) mass is 330 g/mol. The van der Waals surface area contributed by atoms with Gasteiger partial charge in [-0.2, -0.15) is 0 Å². The standard InChI is InChI=1S/C18H15ClO4/c19-13-5-3-11(4-6-13)8-14(20)18-15(21)9-12(10-16(18)22)17-2-1-7-23-17/h1-7,12,18H,8-10H2. The maximum absolute atomic E-state index is 12.4. The van der Waals surface area contributed by atoms with Gasteiger partial charge in [0.2, 0.25) is 0 Å². The summed E-state index contributed by atoms with van der Waals surface area (Å²) in [6.07, 6.45) is 1.90. The van der Waals surface area contributed by atoms with Crippen LogP contribution >= 0.6 is 11.6 Å². The van der Waals surface area contributed by atoms with Crippen molar-refractivity contribution in [2.75, 3.05) is 0 Å². The number of furan rings is 1. The summed E-state index contributed by atoms with van der Waals surface area (Å²) in [5.41, 5.74) is 0.744. The topological polar surface area (TPSA) is 64.3 Å². The third kappa shape index (κ3) is 3.42. The molecule has 0 unspecified atom stereocenters. The highest BCUT2D eigenvalue weighted by Gasteiger charge is 2.40. The van der Waals surface area contributed by atoms with Crippen molar-refractivity contribution in [3.05, 3.63) is 59.0 Å². The molecule has 0 radical (unpaired) electrons. The van der Waals surface area contributed by atoms with Gasteiger partial charge < -0.3 is 4.42 Å². The average molecular weight is 331 g/mol. The number of benzene rings is 1. The van der Waals surface area contributed by atoms with Crippen molar-refractivity contribution in [1.29, 1.82) is 0 Å². The molecule has 5 heteroatoms. The first-order valence-corrected chi connectivity index (χ1v) is 7.78. The van der Waals surface area contributed by atoms with Gasteiger partial charge in [0.05, 0.1) is 6.26 Å². The highest BCUT2D eigenvalue weighted by Crippen LogP contribution is 2.32. The van der Waals surface area contributed by atoms with Crippen LogP contribution in [0.25, 0.3) is 0 Å². The van der Waals surface area contributed by atoms with Gasteiger partial charge in [-0.3, -0.25) is 14.4 Å². The predicted octanol–water partition coefficient (Wildman–Crippen LogP) is 3.38. The van der Waals surface area contributed by atoms with E-state index in [-0.39, 0.29) is 42.5 Å². The Bertz CT molecular complexity index is 713. The third-order valence-electron chi connectivity index (χ3n) is 4.10. The average Bonchev–Trinajstić information content (AvgIpc) is 3.03. The summed E-state index contributed by atoms with van der Waals surface area (Å²) >= 11 is 5.81. The van der Waals surface area contributed by atoms with Crippen molar-refractivity contribution in [3.8, 4) is 0 Å². The molecule has 1 fully saturated rings. The molecule has 1 saturated carbocycles. The van der Waals surface area contributed by atoms with Gasteiger partial charge in [-0.15, -0.1) is 0 Å². The molecule has 4 nitrogen and oxygen atoms in total. The molecule has 2 aromatic rings. The van der Waals surface area contributed by atoms with Crippen LogP contribution < -0.4 is 0 Å². The van der Waals surface area contributed by atoms with Gasteiger partial charge in [-0.05, 0) is 29.8 Å². The molecule has 0 N–H and O–H groups in total. The lowest BCUT2D eigenvalue weighted by atomic mass is 9.76. The minimum atomic E-state index is -1.14. The van der Waals surface area contributed by atoms with E-state index in [4.69, 9.17) is 16.0 Å². The van der Waals surface area contributed by atoms with E-state index < -0.39 is 5.92 Å². The molecular weight excluding hydrogens is 316 g/mol. The molecule has 118 valence electrons. The number of hydrogen-bond donors (Lipinski definition) is 0. The van der Waals surface area contributed by atoms with Gasteiger partial charge >= 0.3 is 0 Å². The Morgan fingerprint density at radius 1 is 1.09 bits per heavy atom. The van der Waals surface area contributed by atoms with Crippen LogP contribution in [0, 0.1) is 5.92 Å². The van der Waals surface area contributed by atoms with Crippen molar-refractivity contribution in [2.24, 2.45) is 5.92 Å². The summed E-state index contributed by atoms with van der Waals surface area (Å²) in [4.78, 5) is 37.0. The molecule has 1 aliphatic carbocycles. The SMILES string of the molecule is O=C(Cc1ccc(Cl)cc1)C1C(=O)CC(c2ccco2)CC1=O. The maximum atomic E-state index is 12.4. The Morgan fingerprint density at radius 2 is 1.74 bits per heavy atom. The maximum Gasteiger partial charge on any atom is 0.155 e. The van der Waals surface area contributed by atoms with Gasteiger partial charge in [-0.1, -0.05) is 23.7 Å². The lowest BCUT2D eigenvalue weighted by Gasteiger charge is -2.24. The molecule has 23 heavy (non-hydrogen) atoms. The number of hydrogen-bond acceptors (Lipinski definition) is 4. The summed E-state index contributed by atoms with van der Waals surface area (Å²) in [5, 5.41) is 0.576. The number of Topliss-reactive ketones (excluding diaryl/α,β-unsaturated/α-hetero) is 3. The minimum Gasteiger partial charge on any atom is -0.469 e. The number of rotatable bonds is 4. The number of carbonyl (C=O) groups is 3. The summed E-state index contributed by atoms with van der Waals surface area (Å²) in [7, 11) is 0. The Balaban J connectivity index is 1.70. The van der Waals surface area contributed by atoms with Crippen LogP contribution in [0.1, 0.15) is 30.1 Å². The van der Waals surface area contributed by atoms with Crippen LogP contribution in [0.4, 0.5) is 0 Å². The second-order valence-corrected chi connectivity index (χ2v) is 6.19. The molecule has 0 amide bonds. The summed E-state index contributed by atoms with van der Waals surface area (Å²) in [5.74, 6) is -1.76. The fraction of sp³-hybridized carbons (Fsp3) is 0.278. The fourth-order valence-corrected chi connectivity index (χ4v) is 3.09. The van der Waals surface area contributed by atoms with E-state index in [0.29, 0.717) is 10.8 Å². The van der Waals surface area contributed by atoms with Crippen LogP contribution in [0.15, 0.2) is 47.1 Å². The van der Waals surface area contributed by atoms with Crippen LogP contribution in [0.5, 0.6) is 0 Å². The molecule has 0 saturated heterocycles. The molecular formula is C18H15ClO4. The van der Waals surface area contributed by atoms with Gasteiger partial charge in [0.25, 0.3) is 0 Å². The second kappa shape index (κ2) is 6.50. The molecule has 3 rings (SSSR count). The van der Waals surface area contributed by atoms with E-state index in [1.807, 2.05) is 0 Å².